The van der Waals surface area contributed by atoms with Crippen LogP contribution in [-0.4, -0.2) is 35.2 Å². The number of hydrogen-bond donors (Lipinski definition) is 2. The molecule has 1 aromatic heterocycles. The lowest BCUT2D eigenvalue weighted by atomic mass is 10.2. The maximum atomic E-state index is 12.1. The van der Waals surface area contributed by atoms with Crippen LogP contribution in [-0.2, 0) is 16.0 Å². The predicted molar refractivity (Wildman–Crippen MR) is 88.8 cm³/mol. The van der Waals surface area contributed by atoms with Gasteiger partial charge < -0.3 is 10.1 Å². The number of ether oxygens (including phenoxy) is 1. The summed E-state index contributed by atoms with van der Waals surface area (Å²) in [5, 5.41) is 14.6. The Morgan fingerprint density at radius 3 is 2.57 bits per heavy atom. The molecule has 1 heterocycles. The zero-order valence-corrected chi connectivity index (χ0v) is 13.8. The standard InChI is InChI=1S/C15H18N4O3S/c1-3-22-9-8-13-18-19-15(23-13)17-14(21)11-4-6-12(7-5-11)16-10(2)20/h4-7H,3,8-9H2,1-2H3,(H,16,20)(H,17,19,21). The molecule has 0 aliphatic carbocycles. The SMILES string of the molecule is CCOCCc1nnc(NC(=O)c2ccc(NC(C)=O)cc2)s1. The van der Waals surface area contributed by atoms with Crippen LogP contribution in [0.2, 0.25) is 0 Å². The molecule has 0 spiro atoms. The van der Waals surface area contributed by atoms with Gasteiger partial charge in [0.25, 0.3) is 5.91 Å². The maximum absolute atomic E-state index is 12.1. The van der Waals surface area contributed by atoms with Crippen LogP contribution in [0, 0.1) is 0 Å². The molecule has 1 aromatic carbocycles. The molecule has 0 unspecified atom stereocenters. The number of rotatable bonds is 7. The first kappa shape index (κ1) is 17.0. The van der Waals surface area contributed by atoms with Crippen LogP contribution in [0.15, 0.2) is 24.3 Å². The van der Waals surface area contributed by atoms with Gasteiger partial charge in [0, 0.05) is 31.2 Å². The normalized spacial score (nSPS) is 10.3. The highest BCUT2D eigenvalue weighted by molar-refractivity contribution is 7.15. The summed E-state index contributed by atoms with van der Waals surface area (Å²) in [7, 11) is 0. The third kappa shape index (κ3) is 5.42. The Bertz CT molecular complexity index is 670. The van der Waals surface area contributed by atoms with Gasteiger partial charge in [0.15, 0.2) is 0 Å². The molecule has 0 fully saturated rings. The number of hydrogen-bond acceptors (Lipinski definition) is 6. The number of carbonyl (C=O) groups excluding carboxylic acids is 2. The van der Waals surface area contributed by atoms with Gasteiger partial charge in [-0.1, -0.05) is 11.3 Å². The molecule has 7 nitrogen and oxygen atoms in total. The van der Waals surface area contributed by atoms with E-state index in [4.69, 9.17) is 4.74 Å². The smallest absolute Gasteiger partial charge is 0.257 e. The molecule has 0 aliphatic rings. The summed E-state index contributed by atoms with van der Waals surface area (Å²) in [6.07, 6.45) is 0.673. The van der Waals surface area contributed by atoms with Gasteiger partial charge in [-0.05, 0) is 31.2 Å². The fourth-order valence-corrected chi connectivity index (χ4v) is 2.50. The fourth-order valence-electron chi connectivity index (χ4n) is 1.79. The molecule has 23 heavy (non-hydrogen) atoms. The summed E-state index contributed by atoms with van der Waals surface area (Å²) in [4.78, 5) is 23.1. The number of aromatic nitrogens is 2. The topological polar surface area (TPSA) is 93.2 Å². The van der Waals surface area contributed by atoms with Gasteiger partial charge in [0.1, 0.15) is 5.01 Å². The van der Waals surface area contributed by atoms with Crippen molar-refractivity contribution in [3.8, 4) is 0 Å². The fraction of sp³-hybridized carbons (Fsp3) is 0.333. The lowest BCUT2D eigenvalue weighted by Crippen LogP contribution is -2.12. The molecule has 0 radical (unpaired) electrons. The van der Waals surface area contributed by atoms with Crippen LogP contribution in [0.3, 0.4) is 0 Å². The molecule has 122 valence electrons. The first-order valence-corrected chi connectivity index (χ1v) is 7.99. The molecule has 0 saturated carbocycles. The van der Waals surface area contributed by atoms with Gasteiger partial charge in [-0.15, -0.1) is 10.2 Å². The molecular weight excluding hydrogens is 316 g/mol. The van der Waals surface area contributed by atoms with Crippen molar-refractivity contribution in [2.45, 2.75) is 20.3 Å². The van der Waals surface area contributed by atoms with Crippen molar-refractivity contribution in [2.24, 2.45) is 0 Å². The van der Waals surface area contributed by atoms with Crippen molar-refractivity contribution in [1.82, 2.24) is 10.2 Å². The van der Waals surface area contributed by atoms with E-state index in [2.05, 4.69) is 20.8 Å². The molecule has 0 bridgehead atoms. The molecule has 2 rings (SSSR count). The van der Waals surface area contributed by atoms with E-state index in [-0.39, 0.29) is 11.8 Å². The summed E-state index contributed by atoms with van der Waals surface area (Å²) >= 11 is 1.33. The Balaban J connectivity index is 1.92. The van der Waals surface area contributed by atoms with Gasteiger partial charge in [0.2, 0.25) is 11.0 Å². The Hall–Kier alpha value is -2.32. The van der Waals surface area contributed by atoms with Crippen molar-refractivity contribution in [3.63, 3.8) is 0 Å². The van der Waals surface area contributed by atoms with Gasteiger partial charge >= 0.3 is 0 Å². The molecule has 2 N–H and O–H groups in total. The first-order valence-electron chi connectivity index (χ1n) is 7.17. The van der Waals surface area contributed by atoms with Crippen LogP contribution >= 0.6 is 11.3 Å². The van der Waals surface area contributed by atoms with Gasteiger partial charge in [-0.25, -0.2) is 0 Å². The second kappa shape index (κ2) is 8.35. The molecule has 0 aliphatic heterocycles. The number of nitrogens with one attached hydrogen (secondary N) is 2. The number of benzene rings is 1. The Morgan fingerprint density at radius 1 is 1.17 bits per heavy atom. The zero-order valence-electron chi connectivity index (χ0n) is 13.0. The van der Waals surface area contributed by atoms with Crippen molar-refractivity contribution >= 4 is 34.0 Å². The molecule has 0 atom stereocenters. The Kier molecular flexibility index (Phi) is 6.19. The second-order valence-electron chi connectivity index (χ2n) is 4.66. The summed E-state index contributed by atoms with van der Waals surface area (Å²) < 4.78 is 5.26. The minimum Gasteiger partial charge on any atom is -0.381 e. The summed E-state index contributed by atoms with van der Waals surface area (Å²) in [5.74, 6) is -0.428. The number of nitrogens with zero attached hydrogens (tertiary/aromatic N) is 2. The van der Waals surface area contributed by atoms with Crippen LogP contribution in [0.1, 0.15) is 29.2 Å². The molecule has 2 aromatic rings. The third-order valence-corrected chi connectivity index (χ3v) is 3.72. The van der Waals surface area contributed by atoms with Crippen LogP contribution in [0.4, 0.5) is 10.8 Å². The van der Waals surface area contributed by atoms with E-state index >= 15 is 0 Å². The van der Waals surface area contributed by atoms with Crippen LogP contribution < -0.4 is 10.6 Å². The summed E-state index contributed by atoms with van der Waals surface area (Å²) in [6, 6.07) is 6.61. The second-order valence-corrected chi connectivity index (χ2v) is 5.72. The average Bonchev–Trinajstić information content (AvgIpc) is 2.95. The third-order valence-electron chi connectivity index (χ3n) is 2.82. The predicted octanol–water partition coefficient (Wildman–Crippen LogP) is 2.33. The van der Waals surface area contributed by atoms with Crippen molar-refractivity contribution in [1.29, 1.82) is 0 Å². The Labute approximate surface area is 138 Å². The molecular formula is C15H18N4O3S. The largest absolute Gasteiger partial charge is 0.381 e. The zero-order chi connectivity index (χ0) is 16.7. The van der Waals surface area contributed by atoms with Gasteiger partial charge in [0.05, 0.1) is 6.61 Å². The molecule has 0 saturated heterocycles. The van der Waals surface area contributed by atoms with E-state index in [0.29, 0.717) is 36.0 Å². The van der Waals surface area contributed by atoms with E-state index < -0.39 is 0 Å². The lowest BCUT2D eigenvalue weighted by Gasteiger charge is -2.04. The molecule has 8 heteroatoms. The van der Waals surface area contributed by atoms with Crippen LogP contribution in [0.5, 0.6) is 0 Å². The minimum absolute atomic E-state index is 0.157. The maximum Gasteiger partial charge on any atom is 0.257 e. The number of carbonyl (C=O) groups is 2. The summed E-state index contributed by atoms with van der Waals surface area (Å²) in [6.45, 7) is 4.61. The summed E-state index contributed by atoms with van der Waals surface area (Å²) in [5.41, 5.74) is 1.12. The van der Waals surface area contributed by atoms with Gasteiger partial charge in [-0.2, -0.15) is 0 Å². The van der Waals surface area contributed by atoms with E-state index in [9.17, 15) is 9.59 Å². The van der Waals surface area contributed by atoms with Crippen molar-refractivity contribution < 1.29 is 14.3 Å². The lowest BCUT2D eigenvalue weighted by molar-refractivity contribution is -0.114. The minimum atomic E-state index is -0.271. The Morgan fingerprint density at radius 2 is 1.91 bits per heavy atom. The first-order chi connectivity index (χ1) is 11.1. The number of amides is 2. The highest BCUT2D eigenvalue weighted by Gasteiger charge is 2.10. The highest BCUT2D eigenvalue weighted by Crippen LogP contribution is 2.17. The van der Waals surface area contributed by atoms with E-state index in [1.54, 1.807) is 24.3 Å². The quantitative estimate of drug-likeness (QED) is 0.758. The van der Waals surface area contributed by atoms with Gasteiger partial charge in [-0.3, -0.25) is 14.9 Å². The number of anilines is 2. The average molecular weight is 334 g/mol. The van der Waals surface area contributed by atoms with Crippen molar-refractivity contribution in [3.05, 3.63) is 34.8 Å². The van der Waals surface area contributed by atoms with E-state index in [1.807, 2.05) is 6.92 Å². The monoisotopic (exact) mass is 334 g/mol. The van der Waals surface area contributed by atoms with E-state index in [0.717, 1.165) is 5.01 Å². The van der Waals surface area contributed by atoms with Crippen molar-refractivity contribution in [2.75, 3.05) is 23.8 Å². The highest BCUT2D eigenvalue weighted by atomic mass is 32.1. The van der Waals surface area contributed by atoms with E-state index in [1.165, 1.54) is 18.3 Å². The molecule has 2 amide bonds. The van der Waals surface area contributed by atoms with Crippen LogP contribution in [0.25, 0.3) is 0 Å².